The highest BCUT2D eigenvalue weighted by Gasteiger charge is 2.68. The summed E-state index contributed by atoms with van der Waals surface area (Å²) in [5.74, 6) is 4.58. The van der Waals surface area contributed by atoms with E-state index in [1.165, 1.54) is 44.9 Å². The maximum absolute atomic E-state index is 10.3. The fourth-order valence-corrected chi connectivity index (χ4v) is 9.84. The molecular weight excluding hydrogens is 458 g/mol. The van der Waals surface area contributed by atoms with Crippen LogP contribution < -0.4 is 5.32 Å². The molecule has 11 atom stereocenters. The van der Waals surface area contributed by atoms with Crippen LogP contribution in [0.5, 0.6) is 0 Å². The number of aliphatic hydroxyl groups is 1. The van der Waals surface area contributed by atoms with Crippen molar-refractivity contribution < 1.29 is 29.6 Å². The van der Waals surface area contributed by atoms with E-state index in [2.05, 4.69) is 39.1 Å². The zero-order valence-corrected chi connectivity index (χ0v) is 22.5. The number of aliphatic hydroxyl groups excluding tert-OH is 1. The van der Waals surface area contributed by atoms with Crippen molar-refractivity contribution in [2.75, 3.05) is 6.54 Å². The molecule has 204 valence electrons. The number of allylic oxidation sites excluding steroid dienone is 1. The number of hydrogen-bond acceptors (Lipinski definition) is 5. The van der Waals surface area contributed by atoms with Crippen LogP contribution in [0.15, 0.2) is 11.6 Å². The summed E-state index contributed by atoms with van der Waals surface area (Å²) < 4.78 is 7.00. The van der Waals surface area contributed by atoms with E-state index >= 15 is 0 Å². The molecule has 6 rings (SSSR count). The number of fused-ring (bicyclic) bond motifs is 7. The molecule has 1 spiro atoms. The van der Waals surface area contributed by atoms with Gasteiger partial charge in [-0.25, -0.2) is 0 Å². The zero-order chi connectivity index (χ0) is 26.3. The second kappa shape index (κ2) is 10.4. The Kier molecular flexibility index (Phi) is 7.95. The van der Waals surface area contributed by atoms with Crippen LogP contribution in [0, 0.1) is 46.3 Å². The van der Waals surface area contributed by atoms with Gasteiger partial charge in [-0.1, -0.05) is 39.3 Å². The van der Waals surface area contributed by atoms with Gasteiger partial charge in [0.05, 0.1) is 12.2 Å². The van der Waals surface area contributed by atoms with Crippen LogP contribution in [0.2, 0.25) is 0 Å². The summed E-state index contributed by atoms with van der Waals surface area (Å²) in [6, 6.07) is 0. The lowest BCUT2D eigenvalue weighted by Gasteiger charge is -2.58. The average Bonchev–Trinajstić information content (AvgIpc) is 3.28. The minimum absolute atomic E-state index is 0.0439. The molecule has 0 amide bonds. The van der Waals surface area contributed by atoms with Gasteiger partial charge in [-0.2, -0.15) is 0 Å². The average molecular weight is 506 g/mol. The largest absolute Gasteiger partial charge is 0.483 e. The smallest absolute Gasteiger partial charge is 0.290 e. The minimum Gasteiger partial charge on any atom is -0.483 e. The summed E-state index contributed by atoms with van der Waals surface area (Å²) >= 11 is 0. The van der Waals surface area contributed by atoms with Gasteiger partial charge in [-0.3, -0.25) is 14.9 Å². The number of piperidine rings is 1. The normalized spacial score (nSPS) is 50.5. The van der Waals surface area contributed by atoms with Crippen LogP contribution in [0.25, 0.3) is 0 Å². The summed E-state index contributed by atoms with van der Waals surface area (Å²) in [7, 11) is 0. The molecule has 4 N–H and O–H groups in total. The van der Waals surface area contributed by atoms with E-state index in [0.717, 1.165) is 49.0 Å². The Labute approximate surface area is 216 Å². The van der Waals surface area contributed by atoms with Crippen molar-refractivity contribution in [2.45, 2.75) is 103 Å². The lowest BCUT2D eigenvalue weighted by atomic mass is 9.47. The number of carboxylic acid groups (broad SMARTS) is 2. The van der Waals surface area contributed by atoms with Gasteiger partial charge in [-0.05, 0) is 98.2 Å². The first-order valence-electron chi connectivity index (χ1n) is 14.1. The highest BCUT2D eigenvalue weighted by atomic mass is 16.5. The first kappa shape index (κ1) is 27.6. The molecule has 2 heterocycles. The maximum atomic E-state index is 10.3. The van der Waals surface area contributed by atoms with E-state index in [1.807, 2.05) is 0 Å². The van der Waals surface area contributed by atoms with Crippen LogP contribution >= 0.6 is 0 Å². The van der Waals surface area contributed by atoms with Crippen molar-refractivity contribution in [3.05, 3.63) is 11.6 Å². The van der Waals surface area contributed by atoms with Crippen molar-refractivity contribution in [3.63, 3.8) is 0 Å². The van der Waals surface area contributed by atoms with E-state index < -0.39 is 0 Å². The first-order chi connectivity index (χ1) is 17.1. The molecule has 0 aromatic heterocycles. The molecule has 7 heteroatoms. The van der Waals surface area contributed by atoms with Crippen LogP contribution in [-0.2, 0) is 14.3 Å². The highest BCUT2D eigenvalue weighted by molar-refractivity contribution is 5.33. The van der Waals surface area contributed by atoms with Gasteiger partial charge in [-0.15, -0.1) is 0 Å². The zero-order valence-electron chi connectivity index (χ0n) is 22.5. The van der Waals surface area contributed by atoms with Crippen LogP contribution in [-0.4, -0.2) is 52.7 Å². The summed E-state index contributed by atoms with van der Waals surface area (Å²) in [6.07, 6.45) is 13.8. The molecule has 5 fully saturated rings. The number of ether oxygens (including phenoxy) is 1. The van der Waals surface area contributed by atoms with E-state index in [9.17, 15) is 5.11 Å². The monoisotopic (exact) mass is 505 g/mol. The van der Waals surface area contributed by atoms with Crippen LogP contribution in [0.4, 0.5) is 0 Å². The van der Waals surface area contributed by atoms with Crippen LogP contribution in [0.1, 0.15) is 85.5 Å². The third kappa shape index (κ3) is 4.33. The molecule has 0 unspecified atom stereocenters. The van der Waals surface area contributed by atoms with E-state index in [-0.39, 0.29) is 24.8 Å². The predicted molar refractivity (Wildman–Crippen MR) is 137 cm³/mol. The molecule has 7 nitrogen and oxygen atoms in total. The van der Waals surface area contributed by atoms with E-state index in [0.29, 0.717) is 22.9 Å². The molecular formula is C29H47NO6. The van der Waals surface area contributed by atoms with Crippen molar-refractivity contribution in [3.8, 4) is 0 Å². The topological polar surface area (TPSA) is 116 Å². The first-order valence-corrected chi connectivity index (χ1v) is 14.1. The maximum Gasteiger partial charge on any atom is 0.290 e. The Balaban J connectivity index is 0.000000464. The quantitative estimate of drug-likeness (QED) is 0.279. The number of nitrogens with one attached hydrogen (secondary N) is 1. The molecule has 0 aromatic carbocycles. The number of rotatable bonds is 0. The Bertz CT molecular complexity index is 832. The number of carbonyl (C=O) groups is 2. The molecule has 36 heavy (non-hydrogen) atoms. The SMILES string of the molecule is C[C@@H]1CC[C@@]2(NC1)O[C@H]1C[C@H]3[C@@H]4CC=C5C[C@@H](O)CC[C@]5(C)[C@H]4CC[C@]3(C)[C@H]1[C@@H]2C.O=CO.O=CO. The molecule has 2 aliphatic heterocycles. The van der Waals surface area contributed by atoms with Gasteiger partial charge >= 0.3 is 0 Å². The lowest BCUT2D eigenvalue weighted by Crippen LogP contribution is -2.57. The standard InChI is InChI=1S/C27H43NO2.2CH2O2/c1-16-7-12-27(28-15-16)17(2)24-23(30-27)14-22-20-6-5-18-13-19(29)8-10-25(18,3)21(20)9-11-26(22,24)4;2*2-1-3/h5,16-17,19-24,28-29H,6-15H2,1-4H3;2*1H,(H,2,3)/t16-,17+,19+,20-,21+,22+,23+,24+,25+,26+,27-;;/m1../s1. The predicted octanol–water partition coefficient (Wildman–Crippen LogP) is 4.69. The second-order valence-corrected chi connectivity index (χ2v) is 13.0. The van der Waals surface area contributed by atoms with Crippen molar-refractivity contribution >= 4 is 12.9 Å². The lowest BCUT2D eigenvalue weighted by molar-refractivity contribution is -0.123. The van der Waals surface area contributed by atoms with Crippen LogP contribution in [0.3, 0.4) is 0 Å². The molecule has 0 radical (unpaired) electrons. The fourth-order valence-electron chi connectivity index (χ4n) is 9.84. The number of hydrogen-bond donors (Lipinski definition) is 4. The Morgan fingerprint density at radius 2 is 1.72 bits per heavy atom. The third-order valence-corrected chi connectivity index (χ3v) is 11.6. The highest BCUT2D eigenvalue weighted by Crippen LogP contribution is 2.70. The van der Waals surface area contributed by atoms with Gasteiger partial charge in [0.15, 0.2) is 0 Å². The van der Waals surface area contributed by atoms with Gasteiger partial charge in [0.1, 0.15) is 5.72 Å². The molecule has 4 aliphatic carbocycles. The van der Waals surface area contributed by atoms with Gasteiger partial charge in [0.25, 0.3) is 12.9 Å². The summed E-state index contributed by atoms with van der Waals surface area (Å²) in [5.41, 5.74) is 2.33. The molecule has 0 bridgehead atoms. The summed E-state index contributed by atoms with van der Waals surface area (Å²) in [6.45, 7) is 10.7. The molecule has 6 aliphatic rings. The van der Waals surface area contributed by atoms with Crippen molar-refractivity contribution in [1.29, 1.82) is 0 Å². The fraction of sp³-hybridized carbons (Fsp3) is 0.862. The Morgan fingerprint density at radius 1 is 1.03 bits per heavy atom. The van der Waals surface area contributed by atoms with E-state index in [4.69, 9.17) is 24.5 Å². The second-order valence-electron chi connectivity index (χ2n) is 13.0. The van der Waals surface area contributed by atoms with E-state index in [1.54, 1.807) is 5.57 Å². The molecule has 0 aromatic rings. The van der Waals surface area contributed by atoms with Gasteiger partial charge in [0, 0.05) is 12.5 Å². The molecule has 3 saturated carbocycles. The third-order valence-electron chi connectivity index (χ3n) is 11.6. The Hall–Kier alpha value is -1.44. The van der Waals surface area contributed by atoms with Crippen molar-refractivity contribution in [1.82, 2.24) is 5.32 Å². The minimum atomic E-state index is -0.250. The van der Waals surface area contributed by atoms with Gasteiger partial charge < -0.3 is 20.1 Å². The van der Waals surface area contributed by atoms with Gasteiger partial charge in [0.2, 0.25) is 0 Å². The molecule has 2 saturated heterocycles. The van der Waals surface area contributed by atoms with Crippen molar-refractivity contribution in [2.24, 2.45) is 46.3 Å². The Morgan fingerprint density at radius 3 is 2.36 bits per heavy atom. The summed E-state index contributed by atoms with van der Waals surface area (Å²) in [5, 5.41) is 27.9. The summed E-state index contributed by atoms with van der Waals surface area (Å²) in [4.78, 5) is 16.7.